The van der Waals surface area contributed by atoms with Crippen LogP contribution in [0.15, 0.2) is 29.2 Å². The van der Waals surface area contributed by atoms with Gasteiger partial charge in [0, 0.05) is 31.2 Å². The highest BCUT2D eigenvalue weighted by atomic mass is 32.2. The molecule has 0 atom stereocenters. The topological polar surface area (TPSA) is 102 Å². The second kappa shape index (κ2) is 7.99. The summed E-state index contributed by atoms with van der Waals surface area (Å²) >= 11 is 0. The lowest BCUT2D eigenvalue weighted by molar-refractivity contribution is -0.387. The van der Waals surface area contributed by atoms with Gasteiger partial charge >= 0.3 is 0 Å². The molecule has 0 aromatic heterocycles. The molecule has 8 nitrogen and oxygen atoms in total. The van der Waals surface area contributed by atoms with Crippen molar-refractivity contribution in [1.82, 2.24) is 9.62 Å². The molecule has 144 valence electrons. The zero-order valence-corrected chi connectivity index (χ0v) is 15.5. The van der Waals surface area contributed by atoms with Crippen LogP contribution < -0.4 is 4.72 Å². The van der Waals surface area contributed by atoms with Crippen molar-refractivity contribution >= 4 is 15.7 Å². The van der Waals surface area contributed by atoms with Crippen LogP contribution in [0.4, 0.5) is 5.69 Å². The lowest BCUT2D eigenvalue weighted by Gasteiger charge is -2.48. The average Bonchev–Trinajstić information content (AvgIpc) is 2.68. The predicted octanol–water partition coefficient (Wildman–Crippen LogP) is 1.91. The molecule has 9 heteroatoms. The van der Waals surface area contributed by atoms with E-state index in [2.05, 4.69) is 9.62 Å². The Hall–Kier alpha value is -1.55. The maximum absolute atomic E-state index is 12.8. The molecule has 0 spiro atoms. The number of benzene rings is 1. The highest BCUT2D eigenvalue weighted by molar-refractivity contribution is 7.89. The minimum absolute atomic E-state index is 0.237. The van der Waals surface area contributed by atoms with Crippen molar-refractivity contribution in [2.45, 2.75) is 42.5 Å². The quantitative estimate of drug-likeness (QED) is 0.595. The number of nitro benzene ring substituents is 1. The lowest BCUT2D eigenvalue weighted by Crippen LogP contribution is -2.59. The summed E-state index contributed by atoms with van der Waals surface area (Å²) in [4.78, 5) is 12.6. The van der Waals surface area contributed by atoms with E-state index in [-0.39, 0.29) is 17.0 Å². The molecular weight excluding hydrogens is 358 g/mol. The van der Waals surface area contributed by atoms with Crippen LogP contribution in [0.25, 0.3) is 0 Å². The van der Waals surface area contributed by atoms with Crippen molar-refractivity contribution < 1.29 is 18.1 Å². The third-order valence-electron chi connectivity index (χ3n) is 5.41. The van der Waals surface area contributed by atoms with Gasteiger partial charge < -0.3 is 4.74 Å². The van der Waals surface area contributed by atoms with E-state index in [1.807, 2.05) is 0 Å². The summed E-state index contributed by atoms with van der Waals surface area (Å²) in [5.74, 6) is 0. The van der Waals surface area contributed by atoms with E-state index >= 15 is 0 Å². The fourth-order valence-electron chi connectivity index (χ4n) is 3.99. The zero-order chi connectivity index (χ0) is 18.6. The van der Waals surface area contributed by atoms with Gasteiger partial charge in [-0.15, -0.1) is 0 Å². The number of nitrogens with zero attached hydrogens (tertiary/aromatic N) is 2. The Balaban J connectivity index is 1.81. The van der Waals surface area contributed by atoms with Gasteiger partial charge in [-0.05, 0) is 18.9 Å². The van der Waals surface area contributed by atoms with Crippen molar-refractivity contribution in [3.63, 3.8) is 0 Å². The fourth-order valence-corrected chi connectivity index (χ4v) is 5.28. The first-order valence-electron chi connectivity index (χ1n) is 9.01. The van der Waals surface area contributed by atoms with Gasteiger partial charge in [-0.2, -0.15) is 0 Å². The monoisotopic (exact) mass is 383 g/mol. The van der Waals surface area contributed by atoms with Crippen LogP contribution in [0.1, 0.15) is 32.1 Å². The van der Waals surface area contributed by atoms with Crippen molar-refractivity contribution in [2.75, 3.05) is 32.8 Å². The smallest absolute Gasteiger partial charge is 0.289 e. The Bertz CT molecular complexity index is 741. The summed E-state index contributed by atoms with van der Waals surface area (Å²) in [6.07, 6.45) is 5.12. The number of nitro groups is 1. The van der Waals surface area contributed by atoms with Crippen molar-refractivity contribution in [1.29, 1.82) is 0 Å². The number of ether oxygens (including phenoxy) is 1. The third kappa shape index (κ3) is 4.06. The number of morpholine rings is 1. The average molecular weight is 383 g/mol. The minimum Gasteiger partial charge on any atom is -0.379 e. The Morgan fingerprint density at radius 3 is 2.46 bits per heavy atom. The molecule has 0 amide bonds. The van der Waals surface area contributed by atoms with Crippen LogP contribution in [-0.2, 0) is 14.8 Å². The van der Waals surface area contributed by atoms with E-state index in [9.17, 15) is 18.5 Å². The van der Waals surface area contributed by atoms with Gasteiger partial charge in [0.15, 0.2) is 4.90 Å². The van der Waals surface area contributed by atoms with Gasteiger partial charge in [0.05, 0.1) is 18.1 Å². The van der Waals surface area contributed by atoms with Gasteiger partial charge in [0.1, 0.15) is 0 Å². The maximum Gasteiger partial charge on any atom is 0.289 e. The van der Waals surface area contributed by atoms with Crippen LogP contribution in [-0.4, -0.2) is 56.6 Å². The molecule has 1 saturated heterocycles. The molecule has 1 saturated carbocycles. The molecule has 1 N–H and O–H groups in total. The second-order valence-corrected chi connectivity index (χ2v) is 8.67. The highest BCUT2D eigenvalue weighted by Crippen LogP contribution is 2.34. The number of hydrogen-bond acceptors (Lipinski definition) is 6. The maximum atomic E-state index is 12.8. The fraction of sp³-hybridized carbons (Fsp3) is 0.647. The van der Waals surface area contributed by atoms with E-state index in [1.165, 1.54) is 24.3 Å². The van der Waals surface area contributed by atoms with Crippen molar-refractivity contribution in [2.24, 2.45) is 0 Å². The van der Waals surface area contributed by atoms with E-state index in [4.69, 9.17) is 4.74 Å². The van der Waals surface area contributed by atoms with Crippen molar-refractivity contribution in [3.05, 3.63) is 34.4 Å². The second-order valence-electron chi connectivity index (χ2n) is 6.93. The summed E-state index contributed by atoms with van der Waals surface area (Å²) in [5.41, 5.74) is -0.636. The van der Waals surface area contributed by atoms with Crippen LogP contribution in [0, 0.1) is 10.1 Å². The Labute approximate surface area is 153 Å². The number of sulfonamides is 1. The van der Waals surface area contributed by atoms with Gasteiger partial charge in [0.25, 0.3) is 5.69 Å². The molecule has 0 unspecified atom stereocenters. The molecule has 1 aromatic rings. The SMILES string of the molecule is O=[N+]([O-])c1ccccc1S(=O)(=O)NCC1(N2CCOCC2)CCCCC1. The largest absolute Gasteiger partial charge is 0.379 e. The molecule has 1 aliphatic carbocycles. The first kappa shape index (κ1) is 19.2. The Kier molecular flexibility index (Phi) is 5.91. The van der Waals surface area contributed by atoms with Crippen LogP contribution in [0.3, 0.4) is 0 Å². The number of hydrogen-bond donors (Lipinski definition) is 1. The Morgan fingerprint density at radius 1 is 1.15 bits per heavy atom. The van der Waals surface area contributed by atoms with E-state index < -0.39 is 20.6 Å². The molecule has 1 aromatic carbocycles. The predicted molar refractivity (Wildman–Crippen MR) is 96.5 cm³/mol. The molecular formula is C17H25N3O5S. The number of nitrogens with one attached hydrogen (secondary N) is 1. The summed E-state index contributed by atoms with van der Waals surface area (Å²) < 4.78 is 33.6. The number of rotatable bonds is 6. The molecule has 0 radical (unpaired) electrons. The van der Waals surface area contributed by atoms with E-state index in [0.29, 0.717) is 13.2 Å². The van der Waals surface area contributed by atoms with Crippen LogP contribution in [0.2, 0.25) is 0 Å². The Morgan fingerprint density at radius 2 is 1.81 bits per heavy atom. The number of para-hydroxylation sites is 1. The molecule has 3 rings (SSSR count). The summed E-state index contributed by atoms with van der Waals surface area (Å²) in [5, 5.41) is 11.2. The first-order valence-corrected chi connectivity index (χ1v) is 10.5. The van der Waals surface area contributed by atoms with Crippen LogP contribution >= 0.6 is 0 Å². The minimum atomic E-state index is -3.96. The summed E-state index contributed by atoms with van der Waals surface area (Å²) in [6.45, 7) is 3.14. The first-order chi connectivity index (χ1) is 12.4. The zero-order valence-electron chi connectivity index (χ0n) is 14.7. The van der Waals surface area contributed by atoms with Crippen molar-refractivity contribution in [3.8, 4) is 0 Å². The van der Waals surface area contributed by atoms with Gasteiger partial charge in [-0.1, -0.05) is 31.4 Å². The molecule has 1 heterocycles. The molecule has 2 fully saturated rings. The normalized spacial score (nSPS) is 21.4. The van der Waals surface area contributed by atoms with Gasteiger partial charge in [-0.25, -0.2) is 13.1 Å². The lowest BCUT2D eigenvalue weighted by atomic mass is 9.80. The summed E-state index contributed by atoms with van der Waals surface area (Å²) in [6, 6.07) is 5.46. The molecule has 2 aliphatic rings. The molecule has 26 heavy (non-hydrogen) atoms. The molecule has 0 bridgehead atoms. The van der Waals surface area contributed by atoms with Gasteiger partial charge in [-0.3, -0.25) is 15.0 Å². The van der Waals surface area contributed by atoms with Gasteiger partial charge in [0.2, 0.25) is 10.0 Å². The molecule has 1 aliphatic heterocycles. The standard InChI is InChI=1S/C17H25N3O5S/c21-20(22)15-6-2-3-7-16(15)26(23,24)18-14-17(8-4-1-5-9-17)19-10-12-25-13-11-19/h2-3,6-7,18H,1,4-5,8-14H2. The van der Waals surface area contributed by atoms with Crippen LogP contribution in [0.5, 0.6) is 0 Å². The van der Waals surface area contributed by atoms with E-state index in [0.717, 1.165) is 45.2 Å². The highest BCUT2D eigenvalue weighted by Gasteiger charge is 2.40. The summed E-state index contributed by atoms with van der Waals surface area (Å²) in [7, 11) is -3.96. The van der Waals surface area contributed by atoms with E-state index in [1.54, 1.807) is 0 Å². The third-order valence-corrected chi connectivity index (χ3v) is 6.86.